The maximum atomic E-state index is 12.4. The van der Waals surface area contributed by atoms with Crippen LogP contribution in [0.15, 0.2) is 0 Å². The van der Waals surface area contributed by atoms with Gasteiger partial charge in [-0.25, -0.2) is 4.79 Å². The minimum Gasteiger partial charge on any atom is -0.477 e. The van der Waals surface area contributed by atoms with Gasteiger partial charge in [-0.05, 0) is 6.42 Å². The van der Waals surface area contributed by atoms with E-state index in [0.717, 1.165) is 0 Å². The molecule has 5 heteroatoms. The van der Waals surface area contributed by atoms with E-state index < -0.39 is 17.3 Å². The van der Waals surface area contributed by atoms with Gasteiger partial charge >= 0.3 is 11.9 Å². The lowest BCUT2D eigenvalue weighted by Gasteiger charge is -2.15. The highest BCUT2D eigenvalue weighted by Crippen LogP contribution is 2.26. The van der Waals surface area contributed by atoms with Crippen molar-refractivity contribution in [1.82, 2.24) is 0 Å². The van der Waals surface area contributed by atoms with Gasteiger partial charge in [-0.2, -0.15) is 8.78 Å². The van der Waals surface area contributed by atoms with Gasteiger partial charge in [0.05, 0.1) is 0 Å². The first-order valence-electron chi connectivity index (χ1n) is 3.18. The van der Waals surface area contributed by atoms with Crippen molar-refractivity contribution in [2.24, 2.45) is 0 Å². The number of carboxylic acid groups (broad SMARTS) is 1. The van der Waals surface area contributed by atoms with Gasteiger partial charge in [-0.1, -0.05) is 13.3 Å². The third-order valence-electron chi connectivity index (χ3n) is 1.22. The van der Waals surface area contributed by atoms with Gasteiger partial charge in [-0.3, -0.25) is 0 Å². The Kier molecular flexibility index (Phi) is 3.72. The van der Waals surface area contributed by atoms with Gasteiger partial charge in [0.2, 0.25) is 0 Å². The molecule has 0 rings (SSSR count). The molecule has 1 atom stereocenters. The number of hydrogen-bond donors (Lipinski definition) is 1. The molecular weight excluding hydrogens is 178 g/mol. The predicted octanol–water partition coefficient (Wildman–Crippen LogP) is 2.11. The molecule has 2 nitrogen and oxygen atoms in total. The molecule has 0 aliphatic carbocycles. The van der Waals surface area contributed by atoms with E-state index in [0.29, 0.717) is 6.42 Å². The van der Waals surface area contributed by atoms with Crippen molar-refractivity contribution in [3.05, 3.63) is 0 Å². The summed E-state index contributed by atoms with van der Waals surface area (Å²) in [6.07, 6.45) is 0.442. The minimum absolute atomic E-state index is 0.000849. The van der Waals surface area contributed by atoms with Crippen LogP contribution in [0.2, 0.25) is 0 Å². The lowest BCUT2D eigenvalue weighted by atomic mass is 10.1. The lowest BCUT2D eigenvalue weighted by Crippen LogP contribution is -2.37. The monoisotopic (exact) mass is 186 g/mol. The lowest BCUT2D eigenvalue weighted by molar-refractivity contribution is -0.165. The van der Waals surface area contributed by atoms with E-state index in [9.17, 15) is 13.6 Å². The molecule has 0 aliphatic rings. The van der Waals surface area contributed by atoms with Crippen LogP contribution in [0.5, 0.6) is 0 Å². The van der Waals surface area contributed by atoms with Gasteiger partial charge in [0.1, 0.15) is 5.38 Å². The third-order valence-corrected chi connectivity index (χ3v) is 1.71. The van der Waals surface area contributed by atoms with E-state index in [1.165, 1.54) is 0 Å². The van der Waals surface area contributed by atoms with Crippen LogP contribution in [0.1, 0.15) is 19.8 Å². The van der Waals surface area contributed by atoms with Gasteiger partial charge in [0.15, 0.2) is 0 Å². The molecular formula is C6H9ClF2O2. The number of halogens is 3. The molecule has 0 aromatic rings. The van der Waals surface area contributed by atoms with Gasteiger partial charge < -0.3 is 5.11 Å². The first-order valence-corrected chi connectivity index (χ1v) is 3.61. The Morgan fingerprint density at radius 3 is 2.45 bits per heavy atom. The Morgan fingerprint density at radius 2 is 2.18 bits per heavy atom. The maximum absolute atomic E-state index is 12.4. The Bertz CT molecular complexity index is 150. The molecule has 0 amide bonds. The number of carboxylic acids is 1. The summed E-state index contributed by atoms with van der Waals surface area (Å²) in [5.74, 6) is -5.97. The summed E-state index contributed by atoms with van der Waals surface area (Å²) in [7, 11) is 0. The number of alkyl halides is 3. The van der Waals surface area contributed by atoms with Crippen molar-refractivity contribution in [2.45, 2.75) is 31.1 Å². The number of hydrogen-bond acceptors (Lipinski definition) is 1. The third kappa shape index (κ3) is 2.61. The normalized spacial score (nSPS) is 14.5. The molecule has 0 saturated carbocycles. The molecule has 1 unspecified atom stereocenters. The molecule has 0 aromatic carbocycles. The first kappa shape index (κ1) is 10.6. The topological polar surface area (TPSA) is 37.3 Å². The Morgan fingerprint density at radius 1 is 1.73 bits per heavy atom. The van der Waals surface area contributed by atoms with E-state index in [2.05, 4.69) is 0 Å². The Balaban J connectivity index is 4.17. The van der Waals surface area contributed by atoms with Crippen molar-refractivity contribution < 1.29 is 18.7 Å². The summed E-state index contributed by atoms with van der Waals surface area (Å²) < 4.78 is 24.8. The van der Waals surface area contributed by atoms with Crippen molar-refractivity contribution in [1.29, 1.82) is 0 Å². The fourth-order valence-electron chi connectivity index (χ4n) is 0.569. The molecule has 1 N–H and O–H groups in total. The fraction of sp³-hybridized carbons (Fsp3) is 0.833. The van der Waals surface area contributed by atoms with Gasteiger partial charge in [0, 0.05) is 0 Å². The maximum Gasteiger partial charge on any atom is 0.376 e. The standard InChI is InChI=1S/C6H9ClF2O2/c1-2-3-4(7)6(8,9)5(10)11/h4H,2-3H2,1H3,(H,10,11). The summed E-state index contributed by atoms with van der Waals surface area (Å²) in [5.41, 5.74) is 0. The van der Waals surface area contributed by atoms with Crippen molar-refractivity contribution in [3.8, 4) is 0 Å². The highest BCUT2D eigenvalue weighted by molar-refractivity contribution is 6.22. The van der Waals surface area contributed by atoms with E-state index in [1.807, 2.05) is 0 Å². The summed E-state index contributed by atoms with van der Waals surface area (Å²) in [5, 5.41) is 6.40. The SMILES string of the molecule is CCCC(Cl)C(F)(F)C(=O)O. The van der Waals surface area contributed by atoms with Crippen molar-refractivity contribution in [2.75, 3.05) is 0 Å². The van der Waals surface area contributed by atoms with Crippen LogP contribution >= 0.6 is 11.6 Å². The average molecular weight is 187 g/mol. The van der Waals surface area contributed by atoms with Crippen LogP contribution in [-0.4, -0.2) is 22.4 Å². The molecule has 0 fully saturated rings. The second-order valence-electron chi connectivity index (χ2n) is 2.18. The fourth-order valence-corrected chi connectivity index (χ4v) is 0.880. The predicted molar refractivity (Wildman–Crippen MR) is 37.1 cm³/mol. The van der Waals surface area contributed by atoms with E-state index in [4.69, 9.17) is 16.7 Å². The first-order chi connectivity index (χ1) is 4.92. The van der Waals surface area contributed by atoms with E-state index in [-0.39, 0.29) is 6.42 Å². The average Bonchev–Trinajstić information content (AvgIpc) is 1.88. The van der Waals surface area contributed by atoms with Crippen LogP contribution in [-0.2, 0) is 4.79 Å². The number of aliphatic carboxylic acids is 1. The van der Waals surface area contributed by atoms with E-state index in [1.54, 1.807) is 6.92 Å². The quantitative estimate of drug-likeness (QED) is 0.683. The summed E-state index contributed by atoms with van der Waals surface area (Å²) >= 11 is 5.14. The second-order valence-corrected chi connectivity index (χ2v) is 2.71. The van der Waals surface area contributed by atoms with Gasteiger partial charge in [0.25, 0.3) is 0 Å². The smallest absolute Gasteiger partial charge is 0.376 e. The van der Waals surface area contributed by atoms with Crippen molar-refractivity contribution >= 4 is 17.6 Å². The van der Waals surface area contributed by atoms with Crippen LogP contribution in [0, 0.1) is 0 Å². The minimum atomic E-state index is -3.81. The Hall–Kier alpha value is -0.380. The van der Waals surface area contributed by atoms with Crippen LogP contribution < -0.4 is 0 Å². The summed E-state index contributed by atoms with van der Waals surface area (Å²) in [6.45, 7) is 1.66. The van der Waals surface area contributed by atoms with Gasteiger partial charge in [-0.15, -0.1) is 11.6 Å². The van der Waals surface area contributed by atoms with E-state index >= 15 is 0 Å². The molecule has 11 heavy (non-hydrogen) atoms. The highest BCUT2D eigenvalue weighted by Gasteiger charge is 2.45. The summed E-state index contributed by atoms with van der Waals surface area (Å²) in [4.78, 5) is 9.90. The molecule has 0 bridgehead atoms. The molecule has 0 aromatic heterocycles. The number of carbonyl (C=O) groups is 1. The molecule has 0 heterocycles. The molecule has 0 saturated heterocycles. The van der Waals surface area contributed by atoms with Crippen LogP contribution in [0.25, 0.3) is 0 Å². The zero-order valence-corrected chi connectivity index (χ0v) is 6.74. The van der Waals surface area contributed by atoms with Crippen LogP contribution in [0.4, 0.5) is 8.78 Å². The van der Waals surface area contributed by atoms with Crippen molar-refractivity contribution in [3.63, 3.8) is 0 Å². The molecule has 0 spiro atoms. The number of rotatable bonds is 4. The zero-order chi connectivity index (χ0) is 9.07. The Labute approximate surface area is 68.2 Å². The van der Waals surface area contributed by atoms with Crippen LogP contribution in [0.3, 0.4) is 0 Å². The summed E-state index contributed by atoms with van der Waals surface area (Å²) in [6, 6.07) is 0. The molecule has 66 valence electrons. The zero-order valence-electron chi connectivity index (χ0n) is 5.98. The molecule has 0 aliphatic heterocycles. The highest BCUT2D eigenvalue weighted by atomic mass is 35.5. The molecule has 0 radical (unpaired) electrons. The second kappa shape index (κ2) is 3.85. The largest absolute Gasteiger partial charge is 0.477 e.